The SMILES string of the molecule is O=C(CN=C1NS(=O)(=O)c2ccccc21)N1CCCC[C@H]1c1nc2ccccc2s1. The number of carbonyl (C=O) groups is 1. The molecule has 1 atom stereocenters. The largest absolute Gasteiger partial charge is 0.332 e. The first-order valence-electron chi connectivity index (χ1n) is 9.84. The van der Waals surface area contributed by atoms with Crippen molar-refractivity contribution in [2.45, 2.75) is 30.2 Å². The number of nitrogens with zero attached hydrogens (tertiary/aromatic N) is 3. The summed E-state index contributed by atoms with van der Waals surface area (Å²) in [5, 5.41) is 0.948. The summed E-state index contributed by atoms with van der Waals surface area (Å²) in [4.78, 5) is 24.2. The van der Waals surface area contributed by atoms with Gasteiger partial charge in [-0.25, -0.2) is 13.4 Å². The topological polar surface area (TPSA) is 91.7 Å². The number of para-hydroxylation sites is 1. The van der Waals surface area contributed by atoms with Crippen molar-refractivity contribution in [3.05, 3.63) is 59.1 Å². The molecule has 2 aliphatic rings. The lowest BCUT2D eigenvalue weighted by molar-refractivity contribution is -0.133. The Labute approximate surface area is 178 Å². The molecule has 0 radical (unpaired) electrons. The van der Waals surface area contributed by atoms with Crippen LogP contribution in [0, 0.1) is 0 Å². The molecule has 2 aliphatic heterocycles. The second kappa shape index (κ2) is 7.48. The molecule has 154 valence electrons. The highest BCUT2D eigenvalue weighted by Crippen LogP contribution is 2.35. The predicted octanol–water partition coefficient (Wildman–Crippen LogP) is 3.09. The number of thiazole rings is 1. The number of carbonyl (C=O) groups excluding carboxylic acids is 1. The number of benzene rings is 2. The zero-order valence-corrected chi connectivity index (χ0v) is 17.7. The summed E-state index contributed by atoms with van der Waals surface area (Å²) in [7, 11) is -3.61. The van der Waals surface area contributed by atoms with Crippen LogP contribution in [0.3, 0.4) is 0 Å². The van der Waals surface area contributed by atoms with Gasteiger partial charge in [0.1, 0.15) is 17.4 Å². The van der Waals surface area contributed by atoms with Gasteiger partial charge < -0.3 is 4.90 Å². The van der Waals surface area contributed by atoms with Crippen LogP contribution in [0.25, 0.3) is 10.2 Å². The number of hydrogen-bond acceptors (Lipinski definition) is 6. The number of rotatable bonds is 3. The monoisotopic (exact) mass is 440 g/mol. The Morgan fingerprint density at radius 3 is 2.83 bits per heavy atom. The normalized spacial score (nSPS) is 21.5. The third-order valence-corrected chi connectivity index (χ3v) is 7.99. The van der Waals surface area contributed by atoms with E-state index in [4.69, 9.17) is 4.98 Å². The second-order valence-corrected chi connectivity index (χ2v) is 10.1. The van der Waals surface area contributed by atoms with E-state index in [1.54, 1.807) is 29.5 Å². The summed E-state index contributed by atoms with van der Waals surface area (Å²) in [5.74, 6) is 0.113. The van der Waals surface area contributed by atoms with Gasteiger partial charge in [-0.2, -0.15) is 0 Å². The lowest BCUT2D eigenvalue weighted by Crippen LogP contribution is -2.40. The average molecular weight is 441 g/mol. The van der Waals surface area contributed by atoms with Gasteiger partial charge in [-0.3, -0.25) is 14.5 Å². The molecule has 1 saturated heterocycles. The van der Waals surface area contributed by atoms with Gasteiger partial charge in [-0.1, -0.05) is 24.3 Å². The quantitative estimate of drug-likeness (QED) is 0.677. The first kappa shape index (κ1) is 19.2. The zero-order chi connectivity index (χ0) is 20.7. The van der Waals surface area contributed by atoms with E-state index in [9.17, 15) is 13.2 Å². The number of aliphatic imine (C=N–C) groups is 1. The van der Waals surface area contributed by atoms with Crippen molar-refractivity contribution >= 4 is 43.3 Å². The molecular formula is C21H20N4O3S2. The number of piperidine rings is 1. The fourth-order valence-corrected chi connectivity index (χ4v) is 6.37. The zero-order valence-electron chi connectivity index (χ0n) is 16.1. The molecule has 1 aromatic heterocycles. The van der Waals surface area contributed by atoms with Crippen molar-refractivity contribution in [2.24, 2.45) is 4.99 Å². The van der Waals surface area contributed by atoms with Gasteiger partial charge in [0, 0.05) is 12.1 Å². The lowest BCUT2D eigenvalue weighted by Gasteiger charge is -2.34. The van der Waals surface area contributed by atoms with Crippen LogP contribution in [-0.4, -0.2) is 43.1 Å². The van der Waals surface area contributed by atoms with Gasteiger partial charge in [0.05, 0.1) is 21.2 Å². The minimum absolute atomic E-state index is 0.0589. The maximum atomic E-state index is 13.0. The van der Waals surface area contributed by atoms with Crippen molar-refractivity contribution in [1.29, 1.82) is 0 Å². The van der Waals surface area contributed by atoms with Crippen molar-refractivity contribution in [1.82, 2.24) is 14.6 Å². The van der Waals surface area contributed by atoms with Gasteiger partial charge in [-0.05, 0) is 43.5 Å². The highest BCUT2D eigenvalue weighted by molar-refractivity contribution is 7.90. The van der Waals surface area contributed by atoms with Crippen LogP contribution in [0.4, 0.5) is 0 Å². The molecule has 7 nitrogen and oxygen atoms in total. The van der Waals surface area contributed by atoms with Gasteiger partial charge >= 0.3 is 0 Å². The van der Waals surface area contributed by atoms with E-state index in [1.165, 1.54) is 6.07 Å². The van der Waals surface area contributed by atoms with Gasteiger partial charge in [0.2, 0.25) is 5.91 Å². The number of hydrogen-bond donors (Lipinski definition) is 1. The summed E-state index contributed by atoms with van der Waals surface area (Å²) in [5.41, 5.74) is 1.46. The summed E-state index contributed by atoms with van der Waals surface area (Å²) in [6.07, 6.45) is 2.86. The van der Waals surface area contributed by atoms with Crippen molar-refractivity contribution in [3.63, 3.8) is 0 Å². The standard InChI is InChI=1S/C21H20N4O3S2/c26-19(13-22-20-14-7-1-4-11-18(14)30(27,28)24-20)25-12-6-5-9-16(25)21-23-15-8-2-3-10-17(15)29-21/h1-4,7-8,10-11,16H,5-6,9,12-13H2,(H,22,24)/t16-/m0/s1. The second-order valence-electron chi connectivity index (χ2n) is 7.39. The summed E-state index contributed by atoms with van der Waals surface area (Å²) in [6, 6.07) is 14.6. The number of aromatic nitrogens is 1. The molecule has 0 bridgehead atoms. The van der Waals surface area contributed by atoms with E-state index >= 15 is 0 Å². The molecule has 3 heterocycles. The molecule has 1 N–H and O–H groups in total. The molecule has 1 amide bonds. The van der Waals surface area contributed by atoms with Crippen molar-refractivity contribution in [3.8, 4) is 0 Å². The highest BCUT2D eigenvalue weighted by Gasteiger charge is 2.32. The van der Waals surface area contributed by atoms with Gasteiger partial charge in [-0.15, -0.1) is 11.3 Å². The molecule has 0 spiro atoms. The minimum Gasteiger partial charge on any atom is -0.332 e. The van der Waals surface area contributed by atoms with Crippen molar-refractivity contribution < 1.29 is 13.2 Å². The van der Waals surface area contributed by atoms with Crippen LogP contribution in [0.5, 0.6) is 0 Å². The third-order valence-electron chi connectivity index (χ3n) is 5.45. The Hall–Kier alpha value is -2.78. The first-order chi connectivity index (χ1) is 14.5. The summed E-state index contributed by atoms with van der Waals surface area (Å²) >= 11 is 1.63. The molecule has 1 fully saturated rings. The van der Waals surface area contributed by atoms with Crippen LogP contribution in [0.2, 0.25) is 0 Å². The van der Waals surface area contributed by atoms with E-state index < -0.39 is 10.0 Å². The summed E-state index contributed by atoms with van der Waals surface area (Å²) < 4.78 is 28.0. The predicted molar refractivity (Wildman–Crippen MR) is 116 cm³/mol. The van der Waals surface area contributed by atoms with E-state index in [2.05, 4.69) is 9.71 Å². The number of likely N-dealkylation sites (tertiary alicyclic amines) is 1. The minimum atomic E-state index is -3.61. The van der Waals surface area contributed by atoms with Gasteiger partial charge in [0.15, 0.2) is 0 Å². The molecule has 0 aliphatic carbocycles. The number of amides is 1. The van der Waals surface area contributed by atoms with Crippen LogP contribution in [-0.2, 0) is 14.8 Å². The van der Waals surface area contributed by atoms with E-state index in [1.807, 2.05) is 29.2 Å². The fourth-order valence-electron chi connectivity index (χ4n) is 4.01. The Balaban J connectivity index is 1.39. The number of sulfonamides is 1. The lowest BCUT2D eigenvalue weighted by atomic mass is 10.0. The van der Waals surface area contributed by atoms with E-state index in [0.29, 0.717) is 12.1 Å². The molecule has 30 heavy (non-hydrogen) atoms. The Morgan fingerprint density at radius 1 is 1.17 bits per heavy atom. The molecule has 3 aromatic rings. The molecular weight excluding hydrogens is 420 g/mol. The molecule has 5 rings (SSSR count). The maximum absolute atomic E-state index is 13.0. The summed E-state index contributed by atoms with van der Waals surface area (Å²) in [6.45, 7) is 0.556. The third kappa shape index (κ3) is 3.37. The van der Waals surface area contributed by atoms with Crippen LogP contribution < -0.4 is 4.72 Å². The molecule has 0 unspecified atom stereocenters. The van der Waals surface area contributed by atoms with Crippen LogP contribution in [0.15, 0.2) is 58.4 Å². The Bertz CT molecular complexity index is 1230. The first-order valence-corrected chi connectivity index (χ1v) is 12.1. The number of amidine groups is 1. The van der Waals surface area contributed by atoms with E-state index in [0.717, 1.165) is 34.5 Å². The Morgan fingerprint density at radius 2 is 1.97 bits per heavy atom. The highest BCUT2D eigenvalue weighted by atomic mass is 32.2. The van der Waals surface area contributed by atoms with E-state index in [-0.39, 0.29) is 29.2 Å². The number of nitrogens with one attached hydrogen (secondary N) is 1. The fraction of sp³-hybridized carbons (Fsp3) is 0.286. The Kier molecular flexibility index (Phi) is 4.79. The van der Waals surface area contributed by atoms with Gasteiger partial charge in [0.25, 0.3) is 10.0 Å². The smallest absolute Gasteiger partial charge is 0.263 e. The van der Waals surface area contributed by atoms with Crippen LogP contribution >= 0.6 is 11.3 Å². The average Bonchev–Trinajstić information content (AvgIpc) is 3.31. The molecule has 2 aromatic carbocycles. The molecule has 0 saturated carbocycles. The van der Waals surface area contributed by atoms with Crippen LogP contribution in [0.1, 0.15) is 35.9 Å². The van der Waals surface area contributed by atoms with Crippen molar-refractivity contribution in [2.75, 3.05) is 13.1 Å². The maximum Gasteiger partial charge on any atom is 0.263 e. The number of fused-ring (bicyclic) bond motifs is 2. The molecule has 9 heteroatoms.